The number of carboxylic acid groups (broad SMARTS) is 1. The average Bonchev–Trinajstić information content (AvgIpc) is 3.14. The second kappa shape index (κ2) is 6.30. The molecule has 2 fully saturated rings. The van der Waals surface area contributed by atoms with Gasteiger partial charge < -0.3 is 10.0 Å². The first kappa shape index (κ1) is 16.0. The Balaban J connectivity index is 1.79. The molecule has 1 aliphatic carbocycles. The van der Waals surface area contributed by atoms with Gasteiger partial charge in [0.1, 0.15) is 5.82 Å². The van der Waals surface area contributed by atoms with E-state index in [1.54, 1.807) is 23.1 Å². The average molecular weight is 319 g/mol. The predicted octanol–water partition coefficient (Wildman–Crippen LogP) is 3.24. The van der Waals surface area contributed by atoms with Crippen LogP contribution >= 0.6 is 0 Å². The van der Waals surface area contributed by atoms with E-state index in [2.05, 4.69) is 6.92 Å². The summed E-state index contributed by atoms with van der Waals surface area (Å²) in [5, 5.41) is 9.11. The molecule has 1 saturated carbocycles. The van der Waals surface area contributed by atoms with Crippen molar-refractivity contribution in [3.8, 4) is 0 Å². The summed E-state index contributed by atoms with van der Waals surface area (Å²) in [5.41, 5.74) is 0.568. The zero-order chi connectivity index (χ0) is 16.6. The lowest BCUT2D eigenvalue weighted by Gasteiger charge is -2.28. The van der Waals surface area contributed by atoms with Crippen molar-refractivity contribution in [3.05, 3.63) is 35.6 Å². The van der Waals surface area contributed by atoms with Crippen LogP contribution in [0.4, 0.5) is 4.39 Å². The highest BCUT2D eigenvalue weighted by Crippen LogP contribution is 2.40. The Morgan fingerprint density at radius 3 is 2.52 bits per heavy atom. The fourth-order valence-corrected chi connectivity index (χ4v) is 3.99. The number of hydrogen-bond acceptors (Lipinski definition) is 2. The zero-order valence-electron chi connectivity index (χ0n) is 13.2. The standard InChI is InChI=1S/C18H22FNO3/c1-11-8-16(14-4-2-3-5-15(14)19)20(10-11)17(21)12-6-7-13(9-12)18(22)23/h2-5,11-13,16H,6-10H2,1H3,(H,22,23)/t11?,12-,13+,16?/m1/s1. The molecular formula is C18H22FNO3. The van der Waals surface area contributed by atoms with Crippen LogP contribution in [0.2, 0.25) is 0 Å². The van der Waals surface area contributed by atoms with Crippen molar-refractivity contribution in [2.45, 2.75) is 38.6 Å². The summed E-state index contributed by atoms with van der Waals surface area (Å²) >= 11 is 0. The third-order valence-corrected chi connectivity index (χ3v) is 5.19. The normalized spacial score (nSPS) is 30.6. The molecule has 1 aromatic rings. The van der Waals surface area contributed by atoms with Crippen molar-refractivity contribution in [2.24, 2.45) is 17.8 Å². The van der Waals surface area contributed by atoms with E-state index in [4.69, 9.17) is 5.11 Å². The van der Waals surface area contributed by atoms with Gasteiger partial charge in [-0.3, -0.25) is 9.59 Å². The number of hydrogen-bond donors (Lipinski definition) is 1. The van der Waals surface area contributed by atoms with E-state index < -0.39 is 11.9 Å². The Kier molecular flexibility index (Phi) is 4.37. The Labute approximate surface area is 135 Å². The van der Waals surface area contributed by atoms with Crippen LogP contribution in [-0.2, 0) is 9.59 Å². The fourth-order valence-electron chi connectivity index (χ4n) is 3.99. The fraction of sp³-hybridized carbons (Fsp3) is 0.556. The van der Waals surface area contributed by atoms with Gasteiger partial charge >= 0.3 is 5.97 Å². The molecule has 5 heteroatoms. The summed E-state index contributed by atoms with van der Waals surface area (Å²) in [7, 11) is 0. The minimum Gasteiger partial charge on any atom is -0.481 e. The number of carbonyl (C=O) groups is 2. The maximum Gasteiger partial charge on any atom is 0.306 e. The van der Waals surface area contributed by atoms with Gasteiger partial charge in [-0.05, 0) is 37.7 Å². The molecule has 0 aromatic heterocycles. The second-order valence-corrected chi connectivity index (χ2v) is 6.91. The minimum atomic E-state index is -0.819. The van der Waals surface area contributed by atoms with Crippen LogP contribution in [-0.4, -0.2) is 28.4 Å². The number of halogens is 1. The number of rotatable bonds is 3. The molecule has 2 unspecified atom stereocenters. The number of carbonyl (C=O) groups excluding carboxylic acids is 1. The highest BCUT2D eigenvalue weighted by atomic mass is 19.1. The Hall–Kier alpha value is -1.91. The third-order valence-electron chi connectivity index (χ3n) is 5.19. The quantitative estimate of drug-likeness (QED) is 0.930. The van der Waals surface area contributed by atoms with Gasteiger partial charge in [-0.15, -0.1) is 0 Å². The van der Waals surface area contributed by atoms with Crippen LogP contribution in [0.5, 0.6) is 0 Å². The molecule has 1 heterocycles. The van der Waals surface area contributed by atoms with E-state index in [-0.39, 0.29) is 23.7 Å². The van der Waals surface area contributed by atoms with E-state index in [0.29, 0.717) is 37.3 Å². The molecule has 3 rings (SSSR count). The van der Waals surface area contributed by atoms with Gasteiger partial charge in [0.15, 0.2) is 0 Å². The van der Waals surface area contributed by atoms with Crippen LogP contribution in [0.15, 0.2) is 24.3 Å². The number of benzene rings is 1. The molecular weight excluding hydrogens is 297 g/mol. The van der Waals surface area contributed by atoms with Gasteiger partial charge in [0.25, 0.3) is 0 Å². The number of carboxylic acids is 1. The predicted molar refractivity (Wildman–Crippen MR) is 83.1 cm³/mol. The number of aliphatic carboxylic acids is 1. The summed E-state index contributed by atoms with van der Waals surface area (Å²) in [6, 6.07) is 6.38. The van der Waals surface area contributed by atoms with Crippen LogP contribution in [0, 0.1) is 23.6 Å². The maximum atomic E-state index is 14.1. The third kappa shape index (κ3) is 3.09. The van der Waals surface area contributed by atoms with Crippen LogP contribution < -0.4 is 0 Å². The summed E-state index contributed by atoms with van der Waals surface area (Å²) in [5.74, 6) is -1.45. The lowest BCUT2D eigenvalue weighted by Crippen LogP contribution is -2.35. The van der Waals surface area contributed by atoms with Crippen molar-refractivity contribution in [1.82, 2.24) is 4.90 Å². The molecule has 1 saturated heterocycles. The number of nitrogens with zero attached hydrogens (tertiary/aromatic N) is 1. The highest BCUT2D eigenvalue weighted by Gasteiger charge is 2.41. The Bertz CT molecular complexity index is 618. The van der Waals surface area contributed by atoms with Gasteiger partial charge in [0, 0.05) is 18.0 Å². The van der Waals surface area contributed by atoms with E-state index >= 15 is 0 Å². The monoisotopic (exact) mass is 319 g/mol. The molecule has 1 aliphatic heterocycles. The van der Waals surface area contributed by atoms with E-state index in [9.17, 15) is 14.0 Å². The molecule has 0 radical (unpaired) electrons. The first-order valence-corrected chi connectivity index (χ1v) is 8.25. The zero-order valence-corrected chi connectivity index (χ0v) is 13.2. The Morgan fingerprint density at radius 2 is 1.87 bits per heavy atom. The molecule has 0 spiro atoms. The summed E-state index contributed by atoms with van der Waals surface area (Å²) in [6.07, 6.45) is 2.33. The summed E-state index contributed by atoms with van der Waals surface area (Å²) < 4.78 is 14.1. The first-order chi connectivity index (χ1) is 11.0. The maximum absolute atomic E-state index is 14.1. The van der Waals surface area contributed by atoms with Crippen molar-refractivity contribution in [2.75, 3.05) is 6.54 Å². The van der Waals surface area contributed by atoms with Gasteiger partial charge in [0.05, 0.1) is 12.0 Å². The molecule has 4 nitrogen and oxygen atoms in total. The van der Waals surface area contributed by atoms with Crippen molar-refractivity contribution in [3.63, 3.8) is 0 Å². The topological polar surface area (TPSA) is 57.6 Å². The molecule has 2 aliphatic rings. The molecule has 124 valence electrons. The van der Waals surface area contributed by atoms with Crippen LogP contribution in [0.25, 0.3) is 0 Å². The SMILES string of the molecule is CC1CC(c2ccccc2F)N(C(=O)[C@@H]2CC[C@H](C(=O)O)C2)C1. The minimum absolute atomic E-state index is 0.00801. The molecule has 1 N–H and O–H groups in total. The van der Waals surface area contributed by atoms with Crippen LogP contribution in [0.3, 0.4) is 0 Å². The van der Waals surface area contributed by atoms with Gasteiger partial charge in [-0.25, -0.2) is 4.39 Å². The molecule has 4 atom stereocenters. The number of likely N-dealkylation sites (tertiary alicyclic amines) is 1. The van der Waals surface area contributed by atoms with Gasteiger partial charge in [-0.1, -0.05) is 25.1 Å². The Morgan fingerprint density at radius 1 is 1.17 bits per heavy atom. The molecule has 23 heavy (non-hydrogen) atoms. The van der Waals surface area contributed by atoms with Gasteiger partial charge in [-0.2, -0.15) is 0 Å². The van der Waals surface area contributed by atoms with Crippen LogP contribution in [0.1, 0.15) is 44.2 Å². The summed E-state index contributed by atoms with van der Waals surface area (Å²) in [6.45, 7) is 2.68. The van der Waals surface area contributed by atoms with E-state index in [0.717, 1.165) is 6.42 Å². The molecule has 1 amide bonds. The number of amides is 1. The van der Waals surface area contributed by atoms with Crippen molar-refractivity contribution < 1.29 is 19.1 Å². The molecule has 1 aromatic carbocycles. The molecule has 0 bridgehead atoms. The first-order valence-electron chi connectivity index (χ1n) is 8.25. The highest BCUT2D eigenvalue weighted by molar-refractivity contribution is 5.81. The lowest BCUT2D eigenvalue weighted by atomic mass is 9.99. The van der Waals surface area contributed by atoms with Crippen molar-refractivity contribution >= 4 is 11.9 Å². The van der Waals surface area contributed by atoms with E-state index in [1.165, 1.54) is 6.07 Å². The summed E-state index contributed by atoms with van der Waals surface area (Å²) in [4.78, 5) is 25.7. The van der Waals surface area contributed by atoms with E-state index in [1.807, 2.05) is 0 Å². The lowest BCUT2D eigenvalue weighted by molar-refractivity contribution is -0.141. The largest absolute Gasteiger partial charge is 0.481 e. The smallest absolute Gasteiger partial charge is 0.306 e. The van der Waals surface area contributed by atoms with Crippen molar-refractivity contribution in [1.29, 1.82) is 0 Å². The van der Waals surface area contributed by atoms with Gasteiger partial charge in [0.2, 0.25) is 5.91 Å². The second-order valence-electron chi connectivity index (χ2n) is 6.91.